The van der Waals surface area contributed by atoms with Crippen LogP contribution >= 0.6 is 0 Å². The molecule has 1 heterocycles. The zero-order valence-electron chi connectivity index (χ0n) is 18.1. The summed E-state index contributed by atoms with van der Waals surface area (Å²) in [5, 5.41) is 6.95. The van der Waals surface area contributed by atoms with E-state index in [1.165, 1.54) is 0 Å². The Morgan fingerprint density at radius 1 is 0.548 bits per heavy atom. The quantitative estimate of drug-likeness (QED) is 0.373. The first-order valence-corrected chi connectivity index (χ1v) is 9.88. The van der Waals surface area contributed by atoms with Crippen LogP contribution in [-0.4, -0.2) is 40.5 Å². The van der Waals surface area contributed by atoms with Crippen LogP contribution in [0.15, 0.2) is 42.5 Å². The molecule has 5 aromatic rings. The number of fused-ring (bicyclic) bond motifs is 7. The van der Waals surface area contributed by atoms with E-state index >= 15 is 0 Å². The molecule has 31 heavy (non-hydrogen) atoms. The minimum atomic E-state index is 0.548. The van der Waals surface area contributed by atoms with Crippen LogP contribution in [0.1, 0.15) is 0 Å². The summed E-state index contributed by atoms with van der Waals surface area (Å²) in [6, 6.07) is 14.4. The molecule has 0 bridgehead atoms. The molecule has 1 aromatic heterocycles. The fraction of sp³-hybridized carbons (Fsp3) is 0.200. The Bertz CT molecular complexity index is 1470. The summed E-state index contributed by atoms with van der Waals surface area (Å²) in [5.74, 6) is 3.24. The van der Waals surface area contributed by atoms with Crippen LogP contribution < -0.4 is 23.7 Å². The van der Waals surface area contributed by atoms with Crippen molar-refractivity contribution in [2.45, 2.75) is 0 Å². The normalized spacial score (nSPS) is 11.4. The van der Waals surface area contributed by atoms with Gasteiger partial charge in [-0.15, -0.1) is 0 Å². The lowest BCUT2D eigenvalue weighted by atomic mass is 9.94. The second-order valence-corrected chi connectivity index (χ2v) is 7.22. The number of hydrogen-bond acceptors (Lipinski definition) is 5. The van der Waals surface area contributed by atoms with Crippen molar-refractivity contribution in [1.29, 1.82) is 0 Å². The van der Waals surface area contributed by atoms with Crippen molar-refractivity contribution in [2.24, 2.45) is 0 Å². The van der Waals surface area contributed by atoms with Crippen molar-refractivity contribution in [3.63, 3.8) is 0 Å². The third-order valence-electron chi connectivity index (χ3n) is 5.89. The summed E-state index contributed by atoms with van der Waals surface area (Å²) in [4.78, 5) is 3.35. The summed E-state index contributed by atoms with van der Waals surface area (Å²) in [5.41, 5.74) is 0.874. The Kier molecular flexibility index (Phi) is 4.43. The summed E-state index contributed by atoms with van der Waals surface area (Å²) in [7, 11) is 8.21. The van der Waals surface area contributed by atoms with E-state index in [-0.39, 0.29) is 0 Å². The fourth-order valence-electron chi connectivity index (χ4n) is 4.61. The molecule has 0 spiro atoms. The molecule has 0 aliphatic heterocycles. The molecule has 1 N–H and O–H groups in total. The average molecular weight is 417 g/mol. The number of H-pyrrole nitrogens is 1. The third kappa shape index (κ3) is 2.51. The van der Waals surface area contributed by atoms with E-state index in [1.807, 2.05) is 24.3 Å². The van der Waals surface area contributed by atoms with Gasteiger partial charge in [0.25, 0.3) is 0 Å². The standard InChI is InChI=1S/C25H23NO5/c1-27-18-12-17-15(21-20(18)24(30-4)25(26-21)31-5)11-10-14-13-8-6-7-9-16(13)22(28-2)23(29-3)19(14)17/h6-12,26H,1-5H3. The van der Waals surface area contributed by atoms with E-state index < -0.39 is 0 Å². The number of hydrogen-bond donors (Lipinski definition) is 1. The Morgan fingerprint density at radius 3 is 1.87 bits per heavy atom. The number of aromatic nitrogens is 1. The van der Waals surface area contributed by atoms with Crippen molar-refractivity contribution in [3.05, 3.63) is 42.5 Å². The van der Waals surface area contributed by atoms with Crippen LogP contribution in [-0.2, 0) is 0 Å². The molecule has 158 valence electrons. The third-order valence-corrected chi connectivity index (χ3v) is 5.89. The van der Waals surface area contributed by atoms with Crippen LogP contribution in [0, 0.1) is 0 Å². The monoisotopic (exact) mass is 417 g/mol. The highest BCUT2D eigenvalue weighted by Gasteiger charge is 2.23. The lowest BCUT2D eigenvalue weighted by molar-refractivity contribution is 0.349. The maximum absolute atomic E-state index is 5.90. The predicted octanol–water partition coefficient (Wildman–Crippen LogP) is 5.67. The van der Waals surface area contributed by atoms with Gasteiger partial charge < -0.3 is 28.7 Å². The zero-order valence-corrected chi connectivity index (χ0v) is 18.1. The van der Waals surface area contributed by atoms with E-state index in [0.717, 1.165) is 43.2 Å². The molecule has 6 heteroatoms. The minimum absolute atomic E-state index is 0.548. The van der Waals surface area contributed by atoms with E-state index in [0.29, 0.717) is 28.9 Å². The molecular formula is C25H23NO5. The van der Waals surface area contributed by atoms with Crippen LogP contribution in [0.5, 0.6) is 28.9 Å². The van der Waals surface area contributed by atoms with E-state index in [4.69, 9.17) is 23.7 Å². The van der Waals surface area contributed by atoms with Crippen LogP contribution in [0.2, 0.25) is 0 Å². The van der Waals surface area contributed by atoms with Crippen LogP contribution in [0.25, 0.3) is 43.2 Å². The van der Waals surface area contributed by atoms with E-state index in [2.05, 4.69) is 23.2 Å². The van der Waals surface area contributed by atoms with Gasteiger partial charge in [0.2, 0.25) is 5.88 Å². The average Bonchev–Trinajstić information content (AvgIpc) is 3.21. The summed E-state index contributed by atoms with van der Waals surface area (Å²) < 4.78 is 28.6. The number of ether oxygens (including phenoxy) is 5. The van der Waals surface area contributed by atoms with E-state index in [1.54, 1.807) is 35.5 Å². The highest BCUT2D eigenvalue weighted by Crippen LogP contribution is 2.50. The Hall–Kier alpha value is -3.80. The maximum atomic E-state index is 5.90. The molecular weight excluding hydrogens is 394 g/mol. The van der Waals surface area contributed by atoms with Gasteiger partial charge in [0.05, 0.1) is 46.5 Å². The smallest absolute Gasteiger partial charge is 0.235 e. The molecule has 0 aliphatic rings. The molecule has 0 atom stereocenters. The number of aromatic amines is 1. The van der Waals surface area contributed by atoms with Crippen molar-refractivity contribution in [1.82, 2.24) is 4.98 Å². The molecule has 0 fully saturated rings. The molecule has 0 saturated carbocycles. The molecule has 0 aliphatic carbocycles. The largest absolute Gasteiger partial charge is 0.496 e. The first-order valence-electron chi connectivity index (χ1n) is 9.88. The van der Waals surface area contributed by atoms with E-state index in [9.17, 15) is 0 Å². The second kappa shape index (κ2) is 7.16. The highest BCUT2D eigenvalue weighted by atomic mass is 16.5. The molecule has 0 saturated heterocycles. The van der Waals surface area contributed by atoms with Crippen molar-refractivity contribution >= 4 is 43.2 Å². The maximum Gasteiger partial charge on any atom is 0.235 e. The molecule has 4 aromatic carbocycles. The van der Waals surface area contributed by atoms with Gasteiger partial charge in [-0.3, -0.25) is 0 Å². The number of rotatable bonds is 5. The van der Waals surface area contributed by atoms with Gasteiger partial charge in [0.1, 0.15) is 5.75 Å². The van der Waals surface area contributed by atoms with Gasteiger partial charge in [-0.25, -0.2) is 0 Å². The highest BCUT2D eigenvalue weighted by molar-refractivity contribution is 6.26. The molecule has 0 unspecified atom stereocenters. The van der Waals surface area contributed by atoms with Crippen LogP contribution in [0.4, 0.5) is 0 Å². The molecule has 6 nitrogen and oxygen atoms in total. The number of benzene rings is 4. The van der Waals surface area contributed by atoms with Gasteiger partial charge in [-0.05, 0) is 22.2 Å². The fourth-order valence-corrected chi connectivity index (χ4v) is 4.61. The molecule has 0 amide bonds. The van der Waals surface area contributed by atoms with Crippen molar-refractivity contribution in [2.75, 3.05) is 35.5 Å². The van der Waals surface area contributed by atoms with Crippen molar-refractivity contribution in [3.8, 4) is 28.9 Å². The first kappa shape index (κ1) is 19.2. The predicted molar refractivity (Wildman–Crippen MR) is 124 cm³/mol. The van der Waals surface area contributed by atoms with Gasteiger partial charge in [0, 0.05) is 16.2 Å². The van der Waals surface area contributed by atoms with Gasteiger partial charge in [0.15, 0.2) is 17.2 Å². The topological polar surface area (TPSA) is 61.9 Å². The minimum Gasteiger partial charge on any atom is -0.496 e. The molecule has 5 rings (SSSR count). The summed E-state index contributed by atoms with van der Waals surface area (Å²) in [6.07, 6.45) is 0. The van der Waals surface area contributed by atoms with Gasteiger partial charge in [-0.1, -0.05) is 36.4 Å². The Balaban J connectivity index is 2.07. The summed E-state index contributed by atoms with van der Waals surface area (Å²) in [6.45, 7) is 0. The second-order valence-electron chi connectivity index (χ2n) is 7.22. The Labute approximate surface area is 179 Å². The zero-order chi connectivity index (χ0) is 21.7. The molecule has 0 radical (unpaired) electrons. The SMILES string of the molecule is COc1[nH]c2c(c(OC)cc3c2ccc2c4ccccc4c(OC)c(OC)c23)c1OC. The van der Waals surface area contributed by atoms with Gasteiger partial charge in [-0.2, -0.15) is 0 Å². The number of nitrogens with one attached hydrogen (secondary N) is 1. The summed E-state index contributed by atoms with van der Waals surface area (Å²) >= 11 is 0. The lowest BCUT2D eigenvalue weighted by Crippen LogP contribution is -1.95. The Morgan fingerprint density at radius 2 is 1.23 bits per heavy atom. The van der Waals surface area contributed by atoms with Gasteiger partial charge >= 0.3 is 0 Å². The first-order chi connectivity index (χ1) is 15.2. The van der Waals surface area contributed by atoms with Crippen LogP contribution in [0.3, 0.4) is 0 Å². The number of methoxy groups -OCH3 is 5. The van der Waals surface area contributed by atoms with Crippen molar-refractivity contribution < 1.29 is 23.7 Å². The lowest BCUT2D eigenvalue weighted by Gasteiger charge is -2.17.